The van der Waals surface area contributed by atoms with Crippen LogP contribution in [0.25, 0.3) is 10.2 Å². The van der Waals surface area contributed by atoms with E-state index in [2.05, 4.69) is 9.71 Å². The fraction of sp³-hybridized carbons (Fsp3) is 0.235. The Bertz CT molecular complexity index is 991. The van der Waals surface area contributed by atoms with E-state index < -0.39 is 10.0 Å². The summed E-state index contributed by atoms with van der Waals surface area (Å²) < 4.78 is 28.4. The largest absolute Gasteiger partial charge is 0.312 e. The number of sulfonamides is 1. The topological polar surface area (TPSA) is 79.0 Å². The number of nitrogens with one attached hydrogen (secondary N) is 2. The Morgan fingerprint density at radius 1 is 1.17 bits per heavy atom. The van der Waals surface area contributed by atoms with Crippen LogP contribution in [0.5, 0.6) is 0 Å². The van der Waals surface area contributed by atoms with Gasteiger partial charge in [0.1, 0.15) is 0 Å². The lowest BCUT2D eigenvalue weighted by atomic mass is 10.1. The number of aromatic amines is 1. The van der Waals surface area contributed by atoms with E-state index >= 15 is 0 Å². The molecule has 0 amide bonds. The maximum absolute atomic E-state index is 12.5. The molecule has 1 unspecified atom stereocenters. The van der Waals surface area contributed by atoms with Crippen LogP contribution in [0.1, 0.15) is 18.9 Å². The van der Waals surface area contributed by atoms with Gasteiger partial charge in [-0.25, -0.2) is 13.1 Å². The lowest BCUT2D eigenvalue weighted by molar-refractivity contribution is 0.547. The second-order valence-electron chi connectivity index (χ2n) is 5.72. The predicted octanol–water partition coefficient (Wildman–Crippen LogP) is 2.89. The second kappa shape index (κ2) is 6.88. The third-order valence-corrected chi connectivity index (χ3v) is 6.20. The summed E-state index contributed by atoms with van der Waals surface area (Å²) >= 11 is 1.01. The number of benzene rings is 2. The molecule has 1 aromatic heterocycles. The maximum Gasteiger partial charge on any atom is 0.305 e. The van der Waals surface area contributed by atoms with E-state index in [1.54, 1.807) is 6.07 Å². The van der Waals surface area contributed by atoms with Gasteiger partial charge in [-0.3, -0.25) is 4.79 Å². The first-order chi connectivity index (χ1) is 11.4. The van der Waals surface area contributed by atoms with Crippen LogP contribution in [0.15, 0.2) is 58.2 Å². The molecule has 2 N–H and O–H groups in total. The average Bonchev–Trinajstić information content (AvgIpc) is 2.92. The molecule has 24 heavy (non-hydrogen) atoms. The van der Waals surface area contributed by atoms with Gasteiger partial charge in [-0.05, 0) is 43.5 Å². The van der Waals surface area contributed by atoms with Crippen LogP contribution in [0.2, 0.25) is 0 Å². The normalized spacial score (nSPS) is 13.2. The van der Waals surface area contributed by atoms with Crippen molar-refractivity contribution in [2.75, 3.05) is 0 Å². The van der Waals surface area contributed by atoms with E-state index in [4.69, 9.17) is 0 Å². The first kappa shape index (κ1) is 16.9. The molecular formula is C17H18N2O3S2. The van der Waals surface area contributed by atoms with Crippen LogP contribution in [0.3, 0.4) is 0 Å². The smallest absolute Gasteiger partial charge is 0.305 e. The molecule has 0 bridgehead atoms. The van der Waals surface area contributed by atoms with E-state index in [1.165, 1.54) is 17.7 Å². The molecule has 1 atom stereocenters. The number of aryl methyl sites for hydroxylation is 1. The van der Waals surface area contributed by atoms with Gasteiger partial charge >= 0.3 is 4.87 Å². The highest BCUT2D eigenvalue weighted by Crippen LogP contribution is 2.20. The lowest BCUT2D eigenvalue weighted by Gasteiger charge is -2.14. The highest BCUT2D eigenvalue weighted by atomic mass is 32.2. The zero-order valence-corrected chi connectivity index (χ0v) is 14.8. The van der Waals surface area contributed by atoms with Gasteiger partial charge < -0.3 is 4.98 Å². The van der Waals surface area contributed by atoms with Gasteiger partial charge in [-0.1, -0.05) is 41.7 Å². The molecular weight excluding hydrogens is 344 g/mol. The molecule has 0 fully saturated rings. The number of fused-ring (bicyclic) bond motifs is 1. The van der Waals surface area contributed by atoms with Gasteiger partial charge in [-0.15, -0.1) is 0 Å². The molecule has 7 heteroatoms. The summed E-state index contributed by atoms with van der Waals surface area (Å²) in [5.74, 6) is 0. The molecule has 0 aliphatic carbocycles. The summed E-state index contributed by atoms with van der Waals surface area (Å²) in [6.07, 6.45) is 1.52. The van der Waals surface area contributed by atoms with E-state index in [0.29, 0.717) is 16.6 Å². The third kappa shape index (κ3) is 3.92. The number of rotatable bonds is 6. The van der Waals surface area contributed by atoms with Crippen LogP contribution in [0.4, 0.5) is 0 Å². The summed E-state index contributed by atoms with van der Waals surface area (Å²) in [5, 5.41) is 0. The quantitative estimate of drug-likeness (QED) is 0.708. The van der Waals surface area contributed by atoms with Crippen molar-refractivity contribution >= 4 is 31.6 Å². The van der Waals surface area contributed by atoms with Crippen molar-refractivity contribution in [1.82, 2.24) is 9.71 Å². The average molecular weight is 362 g/mol. The van der Waals surface area contributed by atoms with Crippen molar-refractivity contribution in [2.24, 2.45) is 0 Å². The maximum atomic E-state index is 12.5. The molecule has 0 aliphatic heterocycles. The number of H-pyrrole nitrogens is 1. The predicted molar refractivity (Wildman–Crippen MR) is 97.0 cm³/mol. The molecule has 0 saturated carbocycles. The summed E-state index contributed by atoms with van der Waals surface area (Å²) in [6, 6.07) is 14.4. The van der Waals surface area contributed by atoms with Crippen LogP contribution in [-0.4, -0.2) is 19.4 Å². The van der Waals surface area contributed by atoms with Gasteiger partial charge in [0.25, 0.3) is 0 Å². The molecule has 126 valence electrons. The SMILES string of the molecule is CC(CCc1ccccc1)NS(=O)(=O)c1ccc2[nH]c(=O)sc2c1. The Balaban J connectivity index is 1.70. The summed E-state index contributed by atoms with van der Waals surface area (Å²) in [7, 11) is -3.61. The van der Waals surface area contributed by atoms with Crippen LogP contribution >= 0.6 is 11.3 Å². The molecule has 0 radical (unpaired) electrons. The summed E-state index contributed by atoms with van der Waals surface area (Å²) in [4.78, 5) is 14.0. The number of hydrogen-bond donors (Lipinski definition) is 2. The van der Waals surface area contributed by atoms with Gasteiger partial charge in [0, 0.05) is 6.04 Å². The molecule has 1 heterocycles. The van der Waals surface area contributed by atoms with E-state index in [9.17, 15) is 13.2 Å². The van der Waals surface area contributed by atoms with Crippen molar-refractivity contribution in [3.05, 3.63) is 63.8 Å². The number of aromatic nitrogens is 1. The Kier molecular flexibility index (Phi) is 4.84. The summed E-state index contributed by atoms with van der Waals surface area (Å²) in [5.41, 5.74) is 1.84. The molecule has 0 aliphatic rings. The van der Waals surface area contributed by atoms with Gasteiger partial charge in [0.15, 0.2) is 0 Å². The zero-order chi connectivity index (χ0) is 17.2. The standard InChI is InChI=1S/C17H18N2O3S2/c1-12(7-8-13-5-3-2-4-6-13)19-24(21,22)14-9-10-15-16(11-14)23-17(20)18-15/h2-6,9-12,19H,7-8H2,1H3,(H,18,20). The molecule has 2 aromatic carbocycles. The Morgan fingerprint density at radius 2 is 1.92 bits per heavy atom. The van der Waals surface area contributed by atoms with E-state index in [-0.39, 0.29) is 15.8 Å². The first-order valence-corrected chi connectivity index (χ1v) is 9.93. The molecule has 0 saturated heterocycles. The van der Waals surface area contributed by atoms with Crippen LogP contribution < -0.4 is 9.60 Å². The highest BCUT2D eigenvalue weighted by molar-refractivity contribution is 7.89. The van der Waals surface area contributed by atoms with Crippen molar-refractivity contribution in [2.45, 2.75) is 30.7 Å². The molecule has 0 spiro atoms. The third-order valence-electron chi connectivity index (χ3n) is 3.77. The Morgan fingerprint density at radius 3 is 2.67 bits per heavy atom. The fourth-order valence-electron chi connectivity index (χ4n) is 2.51. The van der Waals surface area contributed by atoms with Gasteiger partial charge in [0.2, 0.25) is 10.0 Å². The van der Waals surface area contributed by atoms with Crippen molar-refractivity contribution in [3.63, 3.8) is 0 Å². The minimum atomic E-state index is -3.61. The molecule has 3 rings (SSSR count). The lowest BCUT2D eigenvalue weighted by Crippen LogP contribution is -2.32. The second-order valence-corrected chi connectivity index (χ2v) is 8.45. The number of hydrogen-bond acceptors (Lipinski definition) is 4. The first-order valence-electron chi connectivity index (χ1n) is 7.63. The highest BCUT2D eigenvalue weighted by Gasteiger charge is 2.18. The van der Waals surface area contributed by atoms with E-state index in [1.807, 2.05) is 37.3 Å². The minimum absolute atomic E-state index is 0.178. The minimum Gasteiger partial charge on any atom is -0.312 e. The zero-order valence-electron chi connectivity index (χ0n) is 13.2. The van der Waals surface area contributed by atoms with Crippen LogP contribution in [-0.2, 0) is 16.4 Å². The molecule has 3 aromatic rings. The molecule has 5 nitrogen and oxygen atoms in total. The van der Waals surface area contributed by atoms with E-state index in [0.717, 1.165) is 17.8 Å². The van der Waals surface area contributed by atoms with Gasteiger partial charge in [0.05, 0.1) is 15.1 Å². The van der Waals surface area contributed by atoms with Crippen molar-refractivity contribution in [3.8, 4) is 0 Å². The van der Waals surface area contributed by atoms with Crippen molar-refractivity contribution in [1.29, 1.82) is 0 Å². The monoisotopic (exact) mass is 362 g/mol. The number of thiazole rings is 1. The van der Waals surface area contributed by atoms with Crippen molar-refractivity contribution < 1.29 is 8.42 Å². The fourth-order valence-corrected chi connectivity index (χ4v) is 4.67. The summed E-state index contributed by atoms with van der Waals surface area (Å²) in [6.45, 7) is 1.85. The Labute approximate surface area is 144 Å². The van der Waals surface area contributed by atoms with Gasteiger partial charge in [-0.2, -0.15) is 0 Å². The van der Waals surface area contributed by atoms with Crippen LogP contribution in [0, 0.1) is 0 Å². The Hall–Kier alpha value is -1.96.